The number of carbonyl (C=O) groups is 1. The number of hydrogen-bond acceptors (Lipinski definition) is 2. The van der Waals surface area contributed by atoms with Crippen LogP contribution in [0.1, 0.15) is 45.4 Å². The summed E-state index contributed by atoms with van der Waals surface area (Å²) >= 11 is 0. The van der Waals surface area contributed by atoms with E-state index >= 15 is 0 Å². The number of nitrogens with two attached hydrogens (primary N) is 1. The van der Waals surface area contributed by atoms with Gasteiger partial charge in [-0.3, -0.25) is 4.79 Å². The van der Waals surface area contributed by atoms with Gasteiger partial charge in [0.15, 0.2) is 0 Å². The van der Waals surface area contributed by atoms with Crippen LogP contribution in [0.3, 0.4) is 0 Å². The number of hydrogen-bond donors (Lipinski definition) is 2. The molecule has 0 aromatic carbocycles. The van der Waals surface area contributed by atoms with Crippen molar-refractivity contribution in [2.24, 2.45) is 17.1 Å². The Morgan fingerprint density at radius 2 is 2.21 bits per heavy atom. The van der Waals surface area contributed by atoms with Gasteiger partial charge in [0, 0.05) is 0 Å². The third-order valence-electron chi connectivity index (χ3n) is 3.37. The van der Waals surface area contributed by atoms with Crippen molar-refractivity contribution in [1.29, 1.82) is 0 Å². The summed E-state index contributed by atoms with van der Waals surface area (Å²) in [7, 11) is 0. The average molecular weight is 199 g/mol. The Morgan fingerprint density at radius 3 is 2.64 bits per heavy atom. The van der Waals surface area contributed by atoms with Crippen LogP contribution in [-0.2, 0) is 4.79 Å². The highest BCUT2D eigenvalue weighted by Gasteiger charge is 2.43. The highest BCUT2D eigenvalue weighted by Crippen LogP contribution is 2.49. The lowest BCUT2D eigenvalue weighted by molar-refractivity contribution is -0.142. The van der Waals surface area contributed by atoms with Gasteiger partial charge >= 0.3 is 5.97 Å². The monoisotopic (exact) mass is 199 g/mol. The van der Waals surface area contributed by atoms with Crippen LogP contribution >= 0.6 is 0 Å². The number of carboxylic acids is 1. The number of unbranched alkanes of at least 4 members (excludes halogenated alkanes) is 1. The highest BCUT2D eigenvalue weighted by atomic mass is 16.4. The molecule has 0 atom stereocenters. The second kappa shape index (κ2) is 4.78. The van der Waals surface area contributed by atoms with E-state index in [1.165, 1.54) is 19.3 Å². The molecule has 0 heterocycles. The minimum absolute atomic E-state index is 0.0652. The van der Waals surface area contributed by atoms with Crippen molar-refractivity contribution < 1.29 is 9.90 Å². The molecule has 82 valence electrons. The molecule has 0 unspecified atom stereocenters. The van der Waals surface area contributed by atoms with Gasteiger partial charge in [-0.2, -0.15) is 0 Å². The van der Waals surface area contributed by atoms with Crippen molar-refractivity contribution in [3.8, 4) is 0 Å². The van der Waals surface area contributed by atoms with E-state index < -0.39 is 5.97 Å². The molecular formula is C11H21NO2. The average Bonchev–Trinajstić information content (AvgIpc) is 2.08. The summed E-state index contributed by atoms with van der Waals surface area (Å²) in [6, 6.07) is 0. The molecule has 0 aliphatic heterocycles. The van der Waals surface area contributed by atoms with E-state index in [2.05, 4.69) is 6.92 Å². The normalized spacial score (nSPS) is 31.1. The molecule has 1 saturated carbocycles. The third kappa shape index (κ3) is 2.71. The molecule has 0 aromatic rings. The summed E-state index contributed by atoms with van der Waals surface area (Å²) in [6.07, 6.45) is 6.04. The van der Waals surface area contributed by atoms with Gasteiger partial charge in [0.05, 0.1) is 6.42 Å². The standard InChI is InChI=1S/C11H21NO2/c1-2-3-4-9-5-11(6-9,8-12)7-10(13)14/h9H,2-8,12H2,1H3,(H,13,14). The van der Waals surface area contributed by atoms with Crippen molar-refractivity contribution in [3.05, 3.63) is 0 Å². The maximum Gasteiger partial charge on any atom is 0.303 e. The Morgan fingerprint density at radius 1 is 1.57 bits per heavy atom. The van der Waals surface area contributed by atoms with Crippen molar-refractivity contribution in [3.63, 3.8) is 0 Å². The van der Waals surface area contributed by atoms with Crippen LogP contribution in [0.5, 0.6) is 0 Å². The van der Waals surface area contributed by atoms with Crippen molar-refractivity contribution in [2.45, 2.75) is 45.4 Å². The molecule has 3 N–H and O–H groups in total. The Balaban J connectivity index is 2.29. The van der Waals surface area contributed by atoms with Crippen molar-refractivity contribution >= 4 is 5.97 Å². The second-order valence-electron chi connectivity index (χ2n) is 4.69. The fraction of sp³-hybridized carbons (Fsp3) is 0.909. The zero-order chi connectivity index (χ0) is 10.6. The first-order chi connectivity index (χ1) is 6.62. The molecule has 0 saturated heterocycles. The quantitative estimate of drug-likeness (QED) is 0.687. The number of aliphatic carboxylic acids is 1. The zero-order valence-corrected chi connectivity index (χ0v) is 8.96. The Labute approximate surface area is 85.7 Å². The van der Waals surface area contributed by atoms with Gasteiger partial charge in [-0.25, -0.2) is 0 Å². The van der Waals surface area contributed by atoms with Crippen molar-refractivity contribution in [2.75, 3.05) is 6.54 Å². The Kier molecular flexibility index (Phi) is 3.93. The first-order valence-corrected chi connectivity index (χ1v) is 5.54. The summed E-state index contributed by atoms with van der Waals surface area (Å²) < 4.78 is 0. The van der Waals surface area contributed by atoms with E-state index in [9.17, 15) is 4.79 Å². The van der Waals surface area contributed by atoms with Crippen LogP contribution in [0.15, 0.2) is 0 Å². The summed E-state index contributed by atoms with van der Waals surface area (Å²) in [4.78, 5) is 10.6. The minimum atomic E-state index is -0.704. The van der Waals surface area contributed by atoms with Crippen LogP contribution in [0.2, 0.25) is 0 Å². The lowest BCUT2D eigenvalue weighted by Crippen LogP contribution is -2.44. The molecule has 1 fully saturated rings. The first kappa shape index (κ1) is 11.5. The summed E-state index contributed by atoms with van der Waals surface area (Å²) in [5.41, 5.74) is 5.58. The molecule has 0 radical (unpaired) electrons. The number of rotatable bonds is 6. The lowest BCUT2D eigenvalue weighted by Gasteiger charge is -2.46. The molecule has 0 aromatic heterocycles. The first-order valence-electron chi connectivity index (χ1n) is 5.54. The van der Waals surface area contributed by atoms with E-state index in [1.807, 2.05) is 0 Å². The van der Waals surface area contributed by atoms with E-state index in [-0.39, 0.29) is 11.8 Å². The van der Waals surface area contributed by atoms with Crippen LogP contribution in [0.4, 0.5) is 0 Å². The van der Waals surface area contributed by atoms with E-state index in [0.717, 1.165) is 18.8 Å². The minimum Gasteiger partial charge on any atom is -0.481 e. The molecule has 0 spiro atoms. The molecule has 1 rings (SSSR count). The Bertz CT molecular complexity index is 197. The van der Waals surface area contributed by atoms with Crippen molar-refractivity contribution in [1.82, 2.24) is 0 Å². The maximum atomic E-state index is 10.6. The zero-order valence-electron chi connectivity index (χ0n) is 8.96. The van der Waals surface area contributed by atoms with Gasteiger partial charge in [-0.1, -0.05) is 26.2 Å². The SMILES string of the molecule is CCCCC1CC(CN)(CC(=O)O)C1. The smallest absolute Gasteiger partial charge is 0.303 e. The van der Waals surface area contributed by atoms with E-state index in [1.54, 1.807) is 0 Å². The van der Waals surface area contributed by atoms with Gasteiger partial charge in [-0.15, -0.1) is 0 Å². The van der Waals surface area contributed by atoms with Gasteiger partial charge in [0.2, 0.25) is 0 Å². The van der Waals surface area contributed by atoms with Crippen LogP contribution in [0, 0.1) is 11.3 Å². The summed E-state index contributed by atoms with van der Waals surface area (Å²) in [6.45, 7) is 2.72. The molecule has 1 aliphatic carbocycles. The summed E-state index contributed by atoms with van der Waals surface area (Å²) in [5.74, 6) is 0.0299. The summed E-state index contributed by atoms with van der Waals surface area (Å²) in [5, 5.41) is 8.75. The molecule has 14 heavy (non-hydrogen) atoms. The van der Waals surface area contributed by atoms with Gasteiger partial charge in [0.25, 0.3) is 0 Å². The van der Waals surface area contributed by atoms with E-state index in [4.69, 9.17) is 10.8 Å². The maximum absolute atomic E-state index is 10.6. The molecule has 1 aliphatic rings. The van der Waals surface area contributed by atoms with Crippen LogP contribution < -0.4 is 5.73 Å². The fourth-order valence-corrected chi connectivity index (χ4v) is 2.57. The van der Waals surface area contributed by atoms with Crippen LogP contribution in [-0.4, -0.2) is 17.6 Å². The highest BCUT2D eigenvalue weighted by molar-refractivity contribution is 5.68. The topological polar surface area (TPSA) is 63.3 Å². The fourth-order valence-electron chi connectivity index (χ4n) is 2.57. The van der Waals surface area contributed by atoms with Gasteiger partial charge < -0.3 is 10.8 Å². The largest absolute Gasteiger partial charge is 0.481 e. The predicted molar refractivity (Wildman–Crippen MR) is 56.0 cm³/mol. The molecule has 0 bridgehead atoms. The van der Waals surface area contributed by atoms with Gasteiger partial charge in [0.1, 0.15) is 0 Å². The molecule has 3 nitrogen and oxygen atoms in total. The lowest BCUT2D eigenvalue weighted by atomic mass is 9.59. The Hall–Kier alpha value is -0.570. The molecule has 3 heteroatoms. The number of carboxylic acid groups (broad SMARTS) is 1. The predicted octanol–water partition coefficient (Wildman–Crippen LogP) is 2.01. The third-order valence-corrected chi connectivity index (χ3v) is 3.37. The van der Waals surface area contributed by atoms with E-state index in [0.29, 0.717) is 6.54 Å². The van der Waals surface area contributed by atoms with Crippen LogP contribution in [0.25, 0.3) is 0 Å². The molecule has 0 amide bonds. The molecular weight excluding hydrogens is 178 g/mol. The second-order valence-corrected chi connectivity index (χ2v) is 4.69. The van der Waals surface area contributed by atoms with Gasteiger partial charge in [-0.05, 0) is 30.7 Å².